The molecule has 0 N–H and O–H groups in total. The minimum absolute atomic E-state index is 0.306. The van der Waals surface area contributed by atoms with Crippen LogP contribution >= 0.6 is 15.9 Å². The molecule has 0 fully saturated rings. The Labute approximate surface area is 148 Å². The number of benzene rings is 2. The monoisotopic (exact) mass is 405 g/mol. The third kappa shape index (κ3) is 3.39. The van der Waals surface area contributed by atoms with Gasteiger partial charge in [0, 0.05) is 28.7 Å². The largest absolute Gasteiger partial charge is 0.264 e. The second-order valence-corrected chi connectivity index (χ2v) is 8.25. The van der Waals surface area contributed by atoms with Crippen LogP contribution in [0.5, 0.6) is 0 Å². The molecule has 0 unspecified atom stereocenters. The fourth-order valence-corrected chi connectivity index (χ4v) is 3.63. The Hall–Kier alpha value is -2.05. The van der Waals surface area contributed by atoms with Crippen molar-refractivity contribution in [3.05, 3.63) is 71.2 Å². The number of halogens is 2. The maximum atomic E-state index is 14.2. The van der Waals surface area contributed by atoms with Crippen LogP contribution in [-0.2, 0) is 9.84 Å². The number of rotatable bonds is 3. The Kier molecular flexibility index (Phi) is 4.51. The summed E-state index contributed by atoms with van der Waals surface area (Å²) in [4.78, 5) is 3.81. The van der Waals surface area contributed by atoms with Crippen molar-refractivity contribution in [2.45, 2.75) is 4.90 Å². The van der Waals surface area contributed by atoms with E-state index in [1.807, 2.05) is 30.3 Å². The first kappa shape index (κ1) is 16.8. The van der Waals surface area contributed by atoms with Crippen molar-refractivity contribution in [1.29, 1.82) is 0 Å². The average molecular weight is 406 g/mol. The molecule has 0 amide bonds. The van der Waals surface area contributed by atoms with E-state index < -0.39 is 15.7 Å². The quantitative estimate of drug-likeness (QED) is 0.633. The lowest BCUT2D eigenvalue weighted by Gasteiger charge is -2.11. The van der Waals surface area contributed by atoms with Gasteiger partial charge in [-0.05, 0) is 47.0 Å². The normalized spacial score (nSPS) is 11.5. The third-order valence-corrected chi connectivity index (χ3v) is 5.22. The molecule has 24 heavy (non-hydrogen) atoms. The van der Waals surface area contributed by atoms with Crippen LogP contribution in [0.25, 0.3) is 22.3 Å². The summed E-state index contributed by atoms with van der Waals surface area (Å²) in [5, 5.41) is 0. The Bertz CT molecular complexity index is 1020. The zero-order valence-electron chi connectivity index (χ0n) is 12.7. The summed E-state index contributed by atoms with van der Waals surface area (Å²) in [5.41, 5.74) is 3.14. The van der Waals surface area contributed by atoms with Gasteiger partial charge < -0.3 is 0 Å². The molecule has 1 heterocycles. The van der Waals surface area contributed by atoms with Gasteiger partial charge in [0.2, 0.25) is 0 Å². The number of pyridine rings is 1. The lowest BCUT2D eigenvalue weighted by Crippen LogP contribution is -2.01. The summed E-state index contributed by atoms with van der Waals surface area (Å²) in [5.74, 6) is -0.765. The summed E-state index contributed by atoms with van der Waals surface area (Å²) in [6, 6.07) is 13.7. The zero-order valence-corrected chi connectivity index (χ0v) is 15.1. The van der Waals surface area contributed by atoms with Crippen molar-refractivity contribution in [3.63, 3.8) is 0 Å². The first-order valence-electron chi connectivity index (χ1n) is 7.06. The molecule has 3 nitrogen and oxygen atoms in total. The van der Waals surface area contributed by atoms with Gasteiger partial charge in [0.1, 0.15) is 10.7 Å². The number of hydrogen-bond acceptors (Lipinski definition) is 3. The Morgan fingerprint density at radius 1 is 1.00 bits per heavy atom. The number of hydrogen-bond donors (Lipinski definition) is 0. The lowest BCUT2D eigenvalue weighted by atomic mass is 9.96. The van der Waals surface area contributed by atoms with Gasteiger partial charge in [-0.3, -0.25) is 4.98 Å². The van der Waals surface area contributed by atoms with Gasteiger partial charge in [-0.15, -0.1) is 0 Å². The molecule has 0 radical (unpaired) electrons. The Balaban J connectivity index is 2.16. The Morgan fingerprint density at radius 3 is 2.42 bits per heavy atom. The maximum absolute atomic E-state index is 14.2. The van der Waals surface area contributed by atoms with E-state index in [0.29, 0.717) is 5.56 Å². The predicted octanol–water partition coefficient (Wildman–Crippen LogP) is 4.72. The molecule has 1 aromatic heterocycles. The molecule has 2 aromatic carbocycles. The van der Waals surface area contributed by atoms with Gasteiger partial charge >= 0.3 is 0 Å². The molecular formula is C18H13BrFNO2S. The molecule has 122 valence electrons. The van der Waals surface area contributed by atoms with E-state index >= 15 is 0 Å². The molecule has 0 aliphatic heterocycles. The van der Waals surface area contributed by atoms with E-state index in [1.165, 1.54) is 12.1 Å². The summed E-state index contributed by atoms with van der Waals surface area (Å²) >= 11 is 3.44. The molecule has 6 heteroatoms. The first-order valence-corrected chi connectivity index (χ1v) is 9.74. The summed E-state index contributed by atoms with van der Waals surface area (Å²) in [6.45, 7) is 0. The van der Waals surface area contributed by atoms with E-state index in [4.69, 9.17) is 0 Å². The highest BCUT2D eigenvalue weighted by Gasteiger charge is 2.16. The number of nitrogens with zero attached hydrogens (tertiary/aromatic N) is 1. The van der Waals surface area contributed by atoms with Crippen LogP contribution in [0.1, 0.15) is 0 Å². The molecule has 0 atom stereocenters. The fourth-order valence-electron chi connectivity index (χ4n) is 2.50. The van der Waals surface area contributed by atoms with Crippen molar-refractivity contribution in [1.82, 2.24) is 4.98 Å². The van der Waals surface area contributed by atoms with Crippen LogP contribution in [0.15, 0.2) is 70.3 Å². The highest BCUT2D eigenvalue weighted by molar-refractivity contribution is 9.10. The maximum Gasteiger partial charge on any atom is 0.178 e. The molecule has 3 rings (SSSR count). The van der Waals surface area contributed by atoms with Crippen LogP contribution in [0, 0.1) is 5.82 Å². The average Bonchev–Trinajstić information content (AvgIpc) is 2.53. The molecule has 0 aliphatic carbocycles. The standard InChI is InChI=1S/C18H13BrFNO2S/c1-24(22,23)18-6-5-13(10-17(18)20)16-11-21-8-7-15(16)12-3-2-4-14(19)9-12/h2-11H,1H3. The van der Waals surface area contributed by atoms with E-state index in [-0.39, 0.29) is 4.90 Å². The molecule has 0 saturated carbocycles. The smallest absolute Gasteiger partial charge is 0.178 e. The molecule has 0 bridgehead atoms. The first-order chi connectivity index (χ1) is 11.4. The molecule has 0 spiro atoms. The van der Waals surface area contributed by atoms with Gasteiger partial charge in [0.25, 0.3) is 0 Å². The van der Waals surface area contributed by atoms with Crippen molar-refractivity contribution in [2.24, 2.45) is 0 Å². The van der Waals surface area contributed by atoms with E-state index in [9.17, 15) is 12.8 Å². The minimum atomic E-state index is -3.60. The number of aromatic nitrogens is 1. The van der Waals surface area contributed by atoms with Crippen LogP contribution < -0.4 is 0 Å². The molecule has 3 aromatic rings. The second kappa shape index (κ2) is 6.45. The van der Waals surface area contributed by atoms with Crippen LogP contribution in [-0.4, -0.2) is 19.7 Å². The van der Waals surface area contributed by atoms with Crippen molar-refractivity contribution in [3.8, 4) is 22.3 Å². The minimum Gasteiger partial charge on any atom is -0.264 e. The molecule has 0 aliphatic rings. The van der Waals surface area contributed by atoms with Crippen molar-refractivity contribution < 1.29 is 12.8 Å². The van der Waals surface area contributed by atoms with Crippen molar-refractivity contribution >= 4 is 25.8 Å². The topological polar surface area (TPSA) is 47.0 Å². The van der Waals surface area contributed by atoms with E-state index in [2.05, 4.69) is 20.9 Å². The molecule has 0 saturated heterocycles. The highest BCUT2D eigenvalue weighted by Crippen LogP contribution is 2.33. The van der Waals surface area contributed by atoms with E-state index in [0.717, 1.165) is 27.4 Å². The SMILES string of the molecule is CS(=O)(=O)c1ccc(-c2cnccc2-c2cccc(Br)c2)cc1F. The highest BCUT2D eigenvalue weighted by atomic mass is 79.9. The fraction of sp³-hybridized carbons (Fsp3) is 0.0556. The summed E-state index contributed by atoms with van der Waals surface area (Å²) < 4.78 is 38.3. The van der Waals surface area contributed by atoms with Crippen LogP contribution in [0.2, 0.25) is 0 Å². The van der Waals surface area contributed by atoms with Gasteiger partial charge in [0.15, 0.2) is 9.84 Å². The number of sulfone groups is 1. The summed E-state index contributed by atoms with van der Waals surface area (Å²) in [6.07, 6.45) is 4.30. The van der Waals surface area contributed by atoms with Gasteiger partial charge in [-0.1, -0.05) is 34.1 Å². The van der Waals surface area contributed by atoms with Gasteiger partial charge in [0.05, 0.1) is 0 Å². The van der Waals surface area contributed by atoms with Gasteiger partial charge in [-0.25, -0.2) is 12.8 Å². The second-order valence-electron chi connectivity index (χ2n) is 5.35. The predicted molar refractivity (Wildman–Crippen MR) is 95.9 cm³/mol. The van der Waals surface area contributed by atoms with Gasteiger partial charge in [-0.2, -0.15) is 0 Å². The third-order valence-electron chi connectivity index (χ3n) is 3.60. The van der Waals surface area contributed by atoms with Crippen LogP contribution in [0.4, 0.5) is 4.39 Å². The van der Waals surface area contributed by atoms with Crippen LogP contribution in [0.3, 0.4) is 0 Å². The lowest BCUT2D eigenvalue weighted by molar-refractivity contribution is 0.571. The summed E-state index contributed by atoms with van der Waals surface area (Å²) in [7, 11) is -3.60. The van der Waals surface area contributed by atoms with E-state index in [1.54, 1.807) is 18.5 Å². The Morgan fingerprint density at radius 2 is 1.75 bits per heavy atom. The zero-order chi connectivity index (χ0) is 17.3. The molecular weight excluding hydrogens is 393 g/mol. The van der Waals surface area contributed by atoms with Crippen molar-refractivity contribution in [2.75, 3.05) is 6.26 Å².